The van der Waals surface area contributed by atoms with Gasteiger partial charge < -0.3 is 20.1 Å². The van der Waals surface area contributed by atoms with Crippen molar-refractivity contribution in [2.75, 3.05) is 18.5 Å². The lowest BCUT2D eigenvalue weighted by atomic mass is 10.2. The van der Waals surface area contributed by atoms with Gasteiger partial charge in [0.05, 0.1) is 12.2 Å². The van der Waals surface area contributed by atoms with Crippen LogP contribution in [0.25, 0.3) is 0 Å². The Kier molecular flexibility index (Phi) is 6.84. The molecule has 3 rings (SSSR count). The molecule has 3 aromatic carbocycles. The molecule has 0 bridgehead atoms. The number of ether oxygens (including phenoxy) is 2. The number of carbonyl (C=O) groups excluding carboxylic acids is 2. The van der Waals surface area contributed by atoms with Crippen LogP contribution in [0.4, 0.5) is 5.69 Å². The highest BCUT2D eigenvalue weighted by molar-refractivity contribution is 5.95. The van der Waals surface area contributed by atoms with Crippen molar-refractivity contribution in [3.63, 3.8) is 0 Å². The summed E-state index contributed by atoms with van der Waals surface area (Å²) in [4.78, 5) is 24.1. The molecule has 2 N–H and O–H groups in total. The van der Waals surface area contributed by atoms with E-state index >= 15 is 0 Å². The molecule has 0 atom stereocenters. The third-order valence-corrected chi connectivity index (χ3v) is 3.97. The maximum Gasteiger partial charge on any atom is 0.258 e. The molecule has 0 aliphatic heterocycles. The van der Waals surface area contributed by atoms with Gasteiger partial charge in [0.15, 0.2) is 12.4 Å². The van der Waals surface area contributed by atoms with Crippen molar-refractivity contribution >= 4 is 17.5 Å². The second-order valence-electron chi connectivity index (χ2n) is 6.34. The van der Waals surface area contributed by atoms with Crippen molar-refractivity contribution in [1.29, 1.82) is 0 Å². The Bertz CT molecular complexity index is 956. The van der Waals surface area contributed by atoms with Crippen molar-refractivity contribution in [1.82, 2.24) is 5.32 Å². The fourth-order valence-corrected chi connectivity index (χ4v) is 2.48. The van der Waals surface area contributed by atoms with Gasteiger partial charge in [0.25, 0.3) is 5.91 Å². The number of amides is 2. The fourth-order valence-electron chi connectivity index (χ4n) is 2.48. The molecule has 29 heavy (non-hydrogen) atoms. The lowest BCUT2D eigenvalue weighted by Gasteiger charge is -2.12. The predicted octanol–water partition coefficient (Wildman–Crippen LogP) is 3.92. The van der Waals surface area contributed by atoms with E-state index in [4.69, 9.17) is 9.47 Å². The second kappa shape index (κ2) is 9.94. The maximum atomic E-state index is 12.2. The first-order valence-corrected chi connectivity index (χ1v) is 9.18. The summed E-state index contributed by atoms with van der Waals surface area (Å²) in [5.74, 6) is 1.03. The van der Waals surface area contributed by atoms with Crippen molar-refractivity contribution in [3.05, 3.63) is 84.4 Å². The molecule has 0 heterocycles. The first-order chi connectivity index (χ1) is 14.1. The normalized spacial score (nSPS) is 10.1. The van der Waals surface area contributed by atoms with Gasteiger partial charge in [-0.2, -0.15) is 0 Å². The van der Waals surface area contributed by atoms with E-state index in [1.807, 2.05) is 55.5 Å². The zero-order chi connectivity index (χ0) is 20.5. The van der Waals surface area contributed by atoms with E-state index in [2.05, 4.69) is 10.6 Å². The number of aryl methyl sites for hydroxylation is 1. The standard InChI is InChI=1S/C23H22N2O4/c1-17-11-13-18(14-12-17)28-16-23(27)24-15-22(26)25-20-9-5-6-10-21(20)29-19-7-3-2-4-8-19/h2-14H,15-16H2,1H3,(H,24,27)(H,25,26). The number of benzene rings is 3. The highest BCUT2D eigenvalue weighted by atomic mass is 16.5. The Labute approximate surface area is 169 Å². The summed E-state index contributed by atoms with van der Waals surface area (Å²) < 4.78 is 11.2. The molecular weight excluding hydrogens is 368 g/mol. The van der Waals surface area contributed by atoms with Crippen LogP contribution >= 0.6 is 0 Å². The van der Waals surface area contributed by atoms with Crippen LogP contribution in [-0.2, 0) is 9.59 Å². The largest absolute Gasteiger partial charge is 0.484 e. The number of hydrogen-bond acceptors (Lipinski definition) is 4. The van der Waals surface area contributed by atoms with Crippen molar-refractivity contribution in [2.24, 2.45) is 0 Å². The van der Waals surface area contributed by atoms with Crippen LogP contribution in [0, 0.1) is 6.92 Å². The average Bonchev–Trinajstić information content (AvgIpc) is 2.74. The van der Waals surface area contributed by atoms with Crippen LogP contribution < -0.4 is 20.1 Å². The molecule has 6 nitrogen and oxygen atoms in total. The van der Waals surface area contributed by atoms with Gasteiger partial charge in [-0.25, -0.2) is 0 Å². The summed E-state index contributed by atoms with van der Waals surface area (Å²) in [6.07, 6.45) is 0. The van der Waals surface area contributed by atoms with E-state index in [1.54, 1.807) is 30.3 Å². The molecule has 0 aromatic heterocycles. The minimum absolute atomic E-state index is 0.163. The number of carbonyl (C=O) groups is 2. The number of rotatable bonds is 8. The molecular formula is C23H22N2O4. The topological polar surface area (TPSA) is 76.7 Å². The van der Waals surface area contributed by atoms with Gasteiger partial charge in [-0.1, -0.05) is 48.0 Å². The quantitative estimate of drug-likeness (QED) is 0.611. The van der Waals surface area contributed by atoms with Crippen molar-refractivity contribution < 1.29 is 19.1 Å². The van der Waals surface area contributed by atoms with Crippen molar-refractivity contribution in [2.45, 2.75) is 6.92 Å². The van der Waals surface area contributed by atoms with Gasteiger partial charge in [-0.3, -0.25) is 9.59 Å². The van der Waals surface area contributed by atoms with Crippen LogP contribution in [0.15, 0.2) is 78.9 Å². The molecule has 2 amide bonds. The fraction of sp³-hybridized carbons (Fsp3) is 0.130. The second-order valence-corrected chi connectivity index (χ2v) is 6.34. The third-order valence-electron chi connectivity index (χ3n) is 3.97. The summed E-state index contributed by atoms with van der Waals surface area (Å²) in [6.45, 7) is 1.64. The molecule has 0 spiro atoms. The molecule has 0 unspecified atom stereocenters. The highest BCUT2D eigenvalue weighted by Gasteiger charge is 2.10. The molecule has 148 valence electrons. The van der Waals surface area contributed by atoms with Crippen LogP contribution in [0.2, 0.25) is 0 Å². The van der Waals surface area contributed by atoms with Crippen molar-refractivity contribution in [3.8, 4) is 17.2 Å². The zero-order valence-corrected chi connectivity index (χ0v) is 16.1. The summed E-state index contributed by atoms with van der Waals surface area (Å²) in [7, 11) is 0. The Hall–Kier alpha value is -3.80. The molecule has 0 fully saturated rings. The lowest BCUT2D eigenvalue weighted by Crippen LogP contribution is -2.35. The first-order valence-electron chi connectivity index (χ1n) is 9.18. The van der Waals surface area contributed by atoms with E-state index in [9.17, 15) is 9.59 Å². The van der Waals surface area contributed by atoms with Crippen LogP contribution in [-0.4, -0.2) is 25.0 Å². The monoisotopic (exact) mass is 390 g/mol. The molecule has 3 aromatic rings. The minimum atomic E-state index is -0.380. The summed E-state index contributed by atoms with van der Waals surface area (Å²) in [5, 5.41) is 5.28. The minimum Gasteiger partial charge on any atom is -0.484 e. The molecule has 0 radical (unpaired) electrons. The molecule has 6 heteroatoms. The van der Waals surface area contributed by atoms with Gasteiger partial charge in [0.2, 0.25) is 5.91 Å². The van der Waals surface area contributed by atoms with E-state index < -0.39 is 0 Å². The van der Waals surface area contributed by atoms with E-state index in [0.717, 1.165) is 5.56 Å². The molecule has 0 saturated heterocycles. The maximum absolute atomic E-state index is 12.2. The molecule has 0 aliphatic carbocycles. The summed E-state index contributed by atoms with van der Waals surface area (Å²) in [6, 6.07) is 23.8. The number of hydrogen-bond donors (Lipinski definition) is 2. The molecule has 0 saturated carbocycles. The third kappa shape index (κ3) is 6.39. The van der Waals surface area contributed by atoms with E-state index in [1.165, 1.54) is 0 Å². The van der Waals surface area contributed by atoms with Crippen LogP contribution in [0.1, 0.15) is 5.56 Å². The Morgan fingerprint density at radius 3 is 2.24 bits per heavy atom. The van der Waals surface area contributed by atoms with Gasteiger partial charge in [-0.05, 0) is 43.3 Å². The van der Waals surface area contributed by atoms with Gasteiger partial charge in [-0.15, -0.1) is 0 Å². The summed E-state index contributed by atoms with van der Waals surface area (Å²) >= 11 is 0. The predicted molar refractivity (Wildman–Crippen MR) is 111 cm³/mol. The van der Waals surface area contributed by atoms with Gasteiger partial charge >= 0.3 is 0 Å². The number of para-hydroxylation sites is 3. The smallest absolute Gasteiger partial charge is 0.258 e. The number of nitrogens with one attached hydrogen (secondary N) is 2. The van der Waals surface area contributed by atoms with E-state index in [0.29, 0.717) is 22.9 Å². The summed E-state index contributed by atoms with van der Waals surface area (Å²) in [5.41, 5.74) is 1.63. The Morgan fingerprint density at radius 2 is 1.48 bits per heavy atom. The van der Waals surface area contributed by atoms with Crippen LogP contribution in [0.3, 0.4) is 0 Å². The first kappa shape index (κ1) is 19.9. The average molecular weight is 390 g/mol. The van der Waals surface area contributed by atoms with Gasteiger partial charge in [0.1, 0.15) is 11.5 Å². The lowest BCUT2D eigenvalue weighted by molar-refractivity contribution is -0.125. The van der Waals surface area contributed by atoms with Crippen LogP contribution in [0.5, 0.6) is 17.2 Å². The van der Waals surface area contributed by atoms with E-state index in [-0.39, 0.29) is 25.0 Å². The zero-order valence-electron chi connectivity index (χ0n) is 16.1. The number of anilines is 1. The Balaban J connectivity index is 1.48. The SMILES string of the molecule is Cc1ccc(OCC(=O)NCC(=O)Nc2ccccc2Oc2ccccc2)cc1. The molecule has 0 aliphatic rings. The van der Waals surface area contributed by atoms with Gasteiger partial charge in [0, 0.05) is 0 Å². The highest BCUT2D eigenvalue weighted by Crippen LogP contribution is 2.28. The Morgan fingerprint density at radius 1 is 0.793 bits per heavy atom.